The molecule has 0 unspecified atom stereocenters. The van der Waals surface area contributed by atoms with Crippen molar-refractivity contribution >= 4 is 5.69 Å². The molecular weight excluding hydrogens is 238 g/mol. The van der Waals surface area contributed by atoms with Crippen molar-refractivity contribution in [3.8, 4) is 11.8 Å². The fraction of sp³-hybridized carbons (Fsp3) is 0.200. The van der Waals surface area contributed by atoms with E-state index < -0.39 is 0 Å². The van der Waals surface area contributed by atoms with E-state index in [2.05, 4.69) is 16.4 Å². The first-order valence-electron chi connectivity index (χ1n) is 5.97. The number of rotatable bonds is 4. The van der Waals surface area contributed by atoms with E-state index in [4.69, 9.17) is 10.00 Å². The largest absolute Gasteiger partial charge is 0.497 e. The second-order valence-corrected chi connectivity index (χ2v) is 4.18. The molecule has 96 valence electrons. The van der Waals surface area contributed by atoms with Gasteiger partial charge in [0.1, 0.15) is 5.75 Å². The maximum Gasteiger partial charge on any atom is 0.122 e. The van der Waals surface area contributed by atoms with Crippen LogP contribution in [0.1, 0.15) is 17.0 Å². The van der Waals surface area contributed by atoms with Crippen molar-refractivity contribution in [1.82, 2.24) is 4.98 Å². The summed E-state index contributed by atoms with van der Waals surface area (Å²) < 4.78 is 5.21. The number of methoxy groups -OCH3 is 1. The predicted molar refractivity (Wildman–Crippen MR) is 74.0 cm³/mol. The highest BCUT2D eigenvalue weighted by Gasteiger charge is 2.01. The topological polar surface area (TPSA) is 57.9 Å². The van der Waals surface area contributed by atoms with Crippen LogP contribution >= 0.6 is 0 Å². The van der Waals surface area contributed by atoms with Crippen molar-refractivity contribution in [2.24, 2.45) is 0 Å². The Morgan fingerprint density at radius 3 is 2.63 bits per heavy atom. The Hall–Kier alpha value is -2.54. The Labute approximate surface area is 112 Å². The monoisotopic (exact) mass is 253 g/mol. The molecule has 0 bridgehead atoms. The second kappa shape index (κ2) is 5.87. The standard InChI is InChI=1S/C15H15N3O/c1-11-7-15(19-2)8-14(18-11)10-17-13-5-3-12(9-16)4-6-13/h3-8,17H,10H2,1-2H3. The highest BCUT2D eigenvalue weighted by molar-refractivity contribution is 5.47. The summed E-state index contributed by atoms with van der Waals surface area (Å²) in [6.07, 6.45) is 0. The Balaban J connectivity index is 2.05. The maximum absolute atomic E-state index is 8.73. The van der Waals surface area contributed by atoms with Gasteiger partial charge in [-0.05, 0) is 31.2 Å². The van der Waals surface area contributed by atoms with Gasteiger partial charge in [-0.1, -0.05) is 0 Å². The SMILES string of the molecule is COc1cc(C)nc(CNc2ccc(C#N)cc2)c1. The van der Waals surface area contributed by atoms with E-state index in [9.17, 15) is 0 Å². The quantitative estimate of drug-likeness (QED) is 0.910. The van der Waals surface area contributed by atoms with Crippen LogP contribution in [-0.2, 0) is 6.54 Å². The number of benzene rings is 1. The molecule has 0 spiro atoms. The van der Waals surface area contributed by atoms with Crippen LogP contribution in [0.2, 0.25) is 0 Å². The summed E-state index contributed by atoms with van der Waals surface area (Å²) in [4.78, 5) is 4.44. The van der Waals surface area contributed by atoms with Crippen LogP contribution in [0.5, 0.6) is 5.75 Å². The first-order valence-corrected chi connectivity index (χ1v) is 5.97. The molecule has 0 amide bonds. The van der Waals surface area contributed by atoms with Gasteiger partial charge in [0.25, 0.3) is 0 Å². The van der Waals surface area contributed by atoms with E-state index in [0.717, 1.165) is 22.8 Å². The molecule has 2 aromatic rings. The van der Waals surface area contributed by atoms with Gasteiger partial charge in [-0.25, -0.2) is 0 Å². The van der Waals surface area contributed by atoms with Crippen molar-refractivity contribution in [1.29, 1.82) is 5.26 Å². The lowest BCUT2D eigenvalue weighted by Crippen LogP contribution is -2.03. The van der Waals surface area contributed by atoms with E-state index >= 15 is 0 Å². The highest BCUT2D eigenvalue weighted by atomic mass is 16.5. The Morgan fingerprint density at radius 2 is 2.00 bits per heavy atom. The van der Waals surface area contributed by atoms with Crippen molar-refractivity contribution < 1.29 is 4.74 Å². The number of ether oxygens (including phenoxy) is 1. The minimum absolute atomic E-state index is 0.615. The molecule has 4 nitrogen and oxygen atoms in total. The summed E-state index contributed by atoms with van der Waals surface area (Å²) in [5.74, 6) is 0.809. The van der Waals surface area contributed by atoms with Gasteiger partial charge in [-0.3, -0.25) is 4.98 Å². The molecule has 0 saturated carbocycles. The summed E-state index contributed by atoms with van der Waals surface area (Å²) in [5, 5.41) is 12.0. The van der Waals surface area contributed by atoms with Crippen molar-refractivity contribution in [3.63, 3.8) is 0 Å². The van der Waals surface area contributed by atoms with E-state index in [1.54, 1.807) is 19.2 Å². The molecule has 0 fully saturated rings. The van der Waals surface area contributed by atoms with Crippen LogP contribution in [0.25, 0.3) is 0 Å². The fourth-order valence-electron chi connectivity index (χ4n) is 1.77. The molecule has 1 aromatic carbocycles. The van der Waals surface area contributed by atoms with Gasteiger partial charge >= 0.3 is 0 Å². The first kappa shape index (κ1) is 12.9. The smallest absolute Gasteiger partial charge is 0.122 e. The molecular formula is C15H15N3O. The average molecular weight is 253 g/mol. The van der Waals surface area contributed by atoms with Gasteiger partial charge in [-0.2, -0.15) is 5.26 Å². The normalized spacial score (nSPS) is 9.74. The third-order valence-corrected chi connectivity index (χ3v) is 2.70. The lowest BCUT2D eigenvalue weighted by molar-refractivity contribution is 0.413. The van der Waals surface area contributed by atoms with Crippen molar-refractivity contribution in [2.45, 2.75) is 13.5 Å². The number of nitrogens with zero attached hydrogens (tertiary/aromatic N) is 2. The molecule has 0 aliphatic rings. The molecule has 0 aliphatic heterocycles. The van der Waals surface area contributed by atoms with E-state index in [1.807, 2.05) is 31.2 Å². The van der Waals surface area contributed by atoms with Crippen LogP contribution in [-0.4, -0.2) is 12.1 Å². The summed E-state index contributed by atoms with van der Waals surface area (Å²) in [6, 6.07) is 13.2. The number of aryl methyl sites for hydroxylation is 1. The third kappa shape index (κ3) is 3.46. The summed E-state index contributed by atoms with van der Waals surface area (Å²) >= 11 is 0. The number of pyridine rings is 1. The van der Waals surface area contributed by atoms with E-state index in [0.29, 0.717) is 12.1 Å². The maximum atomic E-state index is 8.73. The molecule has 0 saturated heterocycles. The van der Waals surface area contributed by atoms with Crippen LogP contribution in [0.4, 0.5) is 5.69 Å². The van der Waals surface area contributed by atoms with Crippen LogP contribution in [0.15, 0.2) is 36.4 Å². The molecule has 0 aliphatic carbocycles. The minimum atomic E-state index is 0.615. The zero-order chi connectivity index (χ0) is 13.7. The molecule has 1 heterocycles. The molecule has 1 N–H and O–H groups in total. The fourth-order valence-corrected chi connectivity index (χ4v) is 1.77. The number of hydrogen-bond acceptors (Lipinski definition) is 4. The van der Waals surface area contributed by atoms with Crippen LogP contribution in [0, 0.1) is 18.3 Å². The predicted octanol–water partition coefficient (Wildman–Crippen LogP) is 2.88. The molecule has 0 atom stereocenters. The van der Waals surface area contributed by atoms with Crippen molar-refractivity contribution in [3.05, 3.63) is 53.3 Å². The van der Waals surface area contributed by atoms with Gasteiger partial charge in [0.05, 0.1) is 31.0 Å². The van der Waals surface area contributed by atoms with Gasteiger partial charge in [-0.15, -0.1) is 0 Å². The van der Waals surface area contributed by atoms with Crippen LogP contribution < -0.4 is 10.1 Å². The Morgan fingerprint density at radius 1 is 1.26 bits per heavy atom. The number of nitriles is 1. The van der Waals surface area contributed by atoms with Gasteiger partial charge in [0.15, 0.2) is 0 Å². The third-order valence-electron chi connectivity index (χ3n) is 2.70. The Bertz CT molecular complexity index is 600. The van der Waals surface area contributed by atoms with Gasteiger partial charge < -0.3 is 10.1 Å². The zero-order valence-corrected chi connectivity index (χ0v) is 11.0. The zero-order valence-electron chi connectivity index (χ0n) is 11.0. The Kier molecular flexibility index (Phi) is 3.99. The van der Waals surface area contributed by atoms with Crippen LogP contribution in [0.3, 0.4) is 0 Å². The van der Waals surface area contributed by atoms with E-state index in [-0.39, 0.29) is 0 Å². The number of nitrogens with one attached hydrogen (secondary N) is 1. The summed E-state index contributed by atoms with van der Waals surface area (Å²) in [6.45, 7) is 2.55. The average Bonchev–Trinajstić information content (AvgIpc) is 2.45. The molecule has 19 heavy (non-hydrogen) atoms. The highest BCUT2D eigenvalue weighted by Crippen LogP contribution is 2.15. The molecule has 0 radical (unpaired) electrons. The molecule has 1 aromatic heterocycles. The summed E-state index contributed by atoms with van der Waals surface area (Å²) in [7, 11) is 1.65. The molecule has 4 heteroatoms. The summed E-state index contributed by atoms with van der Waals surface area (Å²) in [5.41, 5.74) is 3.46. The minimum Gasteiger partial charge on any atom is -0.497 e. The number of anilines is 1. The van der Waals surface area contributed by atoms with Crippen molar-refractivity contribution in [2.75, 3.05) is 12.4 Å². The second-order valence-electron chi connectivity index (χ2n) is 4.18. The number of hydrogen-bond donors (Lipinski definition) is 1. The molecule has 2 rings (SSSR count). The van der Waals surface area contributed by atoms with Gasteiger partial charge in [0.2, 0.25) is 0 Å². The number of aromatic nitrogens is 1. The lowest BCUT2D eigenvalue weighted by Gasteiger charge is -2.08. The first-order chi connectivity index (χ1) is 9.21. The van der Waals surface area contributed by atoms with E-state index in [1.165, 1.54) is 0 Å². The van der Waals surface area contributed by atoms with Gasteiger partial charge in [0, 0.05) is 23.5 Å². The lowest BCUT2D eigenvalue weighted by atomic mass is 10.2.